The molecule has 0 radical (unpaired) electrons. The highest BCUT2D eigenvalue weighted by Gasteiger charge is 2.40. The zero-order valence-electron chi connectivity index (χ0n) is 13.4. The molecule has 2 bridgehead atoms. The Bertz CT molecular complexity index is 753. The maximum absolute atomic E-state index is 13.7. The van der Waals surface area contributed by atoms with Crippen LogP contribution in [0.15, 0.2) is 28.9 Å². The van der Waals surface area contributed by atoms with Gasteiger partial charge in [0.15, 0.2) is 5.76 Å². The molecule has 1 amide bonds. The fourth-order valence-corrected chi connectivity index (χ4v) is 3.83. The lowest BCUT2D eigenvalue weighted by atomic mass is 9.79. The van der Waals surface area contributed by atoms with Gasteiger partial charge in [-0.3, -0.25) is 9.69 Å². The molecule has 3 aliphatic heterocycles. The van der Waals surface area contributed by atoms with Crippen LogP contribution in [0, 0.1) is 11.9 Å². The molecule has 5 rings (SSSR count). The first-order chi connectivity index (χ1) is 11.6. The number of rotatable bonds is 3. The van der Waals surface area contributed by atoms with E-state index in [1.807, 2.05) is 0 Å². The van der Waals surface area contributed by atoms with Gasteiger partial charge in [-0.25, -0.2) is 9.97 Å². The van der Waals surface area contributed by atoms with Crippen molar-refractivity contribution in [3.05, 3.63) is 36.4 Å². The Balaban J connectivity index is 1.51. The largest absolute Gasteiger partial charge is 0.432 e. The lowest BCUT2D eigenvalue weighted by Gasteiger charge is -2.49. The molecule has 7 heteroatoms. The lowest BCUT2D eigenvalue weighted by Crippen LogP contribution is -2.62. The molecule has 0 saturated carbocycles. The van der Waals surface area contributed by atoms with Gasteiger partial charge in [0, 0.05) is 18.3 Å². The van der Waals surface area contributed by atoms with Crippen LogP contribution < -0.4 is 5.32 Å². The number of oxazole rings is 1. The number of nitrogens with zero attached hydrogens (tertiary/aromatic N) is 3. The Kier molecular flexibility index (Phi) is 3.80. The van der Waals surface area contributed by atoms with Crippen LogP contribution in [-0.2, 0) is 0 Å². The Labute approximate surface area is 139 Å². The number of amides is 1. The molecule has 2 aromatic heterocycles. The van der Waals surface area contributed by atoms with Crippen molar-refractivity contribution < 1.29 is 13.6 Å². The van der Waals surface area contributed by atoms with Gasteiger partial charge in [-0.1, -0.05) is 0 Å². The lowest BCUT2D eigenvalue weighted by molar-refractivity contribution is 0.0210. The molecule has 3 saturated heterocycles. The third kappa shape index (κ3) is 2.58. The molecule has 3 aliphatic rings. The van der Waals surface area contributed by atoms with E-state index in [-0.39, 0.29) is 29.2 Å². The number of carbonyl (C=O) groups excluding carboxylic acids is 1. The van der Waals surface area contributed by atoms with Crippen LogP contribution in [0.4, 0.5) is 4.39 Å². The summed E-state index contributed by atoms with van der Waals surface area (Å²) >= 11 is 0. The van der Waals surface area contributed by atoms with E-state index in [2.05, 4.69) is 27.1 Å². The summed E-state index contributed by atoms with van der Waals surface area (Å²) in [6, 6.07) is 3.56. The molecular weight excluding hydrogens is 311 g/mol. The molecule has 6 nitrogen and oxygen atoms in total. The van der Waals surface area contributed by atoms with Crippen LogP contribution in [0.2, 0.25) is 0 Å². The van der Waals surface area contributed by atoms with Crippen molar-refractivity contribution in [1.82, 2.24) is 20.2 Å². The van der Waals surface area contributed by atoms with Crippen molar-refractivity contribution in [2.24, 2.45) is 5.92 Å². The van der Waals surface area contributed by atoms with Gasteiger partial charge in [0.1, 0.15) is 0 Å². The van der Waals surface area contributed by atoms with Crippen molar-refractivity contribution in [3.8, 4) is 11.3 Å². The standard InChI is InChI=1S/C17H19FN4O2/c1-10-14(11-4-7-22(10)8-5-11)21-16(23)17-20-9-13(24-17)12-3-2-6-19-15(12)18/h2-3,6,9-11,14H,4-5,7-8H2,1H3,(H,21,23)/t10-,14-/m0/s1. The number of fused-ring (bicyclic) bond motifs is 3. The molecule has 0 aromatic carbocycles. The Hall–Kier alpha value is -2.28. The topological polar surface area (TPSA) is 71.3 Å². The van der Waals surface area contributed by atoms with Crippen LogP contribution in [0.25, 0.3) is 11.3 Å². The number of hydrogen-bond donors (Lipinski definition) is 1. The molecular formula is C17H19FN4O2. The Morgan fingerprint density at radius 3 is 2.88 bits per heavy atom. The van der Waals surface area contributed by atoms with Gasteiger partial charge >= 0.3 is 5.91 Å². The Morgan fingerprint density at radius 1 is 1.38 bits per heavy atom. The van der Waals surface area contributed by atoms with E-state index >= 15 is 0 Å². The molecule has 2 atom stereocenters. The van der Waals surface area contributed by atoms with Gasteiger partial charge < -0.3 is 9.73 Å². The number of carbonyl (C=O) groups is 1. The van der Waals surface area contributed by atoms with Crippen LogP contribution >= 0.6 is 0 Å². The number of nitrogens with one attached hydrogen (secondary N) is 1. The first kappa shape index (κ1) is 15.3. The van der Waals surface area contributed by atoms with E-state index < -0.39 is 5.95 Å². The van der Waals surface area contributed by atoms with Crippen LogP contribution in [0.3, 0.4) is 0 Å². The zero-order valence-corrected chi connectivity index (χ0v) is 13.4. The summed E-state index contributed by atoms with van der Waals surface area (Å²) in [5.74, 6) is -0.341. The summed E-state index contributed by atoms with van der Waals surface area (Å²) in [4.78, 5) is 22.4. The SMILES string of the molecule is C[C@H]1[C@H](NC(=O)c2ncc(-c3cccnc3F)o2)C2CCN1CC2. The van der Waals surface area contributed by atoms with Crippen LogP contribution in [0.5, 0.6) is 0 Å². The molecule has 24 heavy (non-hydrogen) atoms. The summed E-state index contributed by atoms with van der Waals surface area (Å²) in [6.07, 6.45) is 4.92. The maximum atomic E-state index is 13.7. The first-order valence-electron chi connectivity index (χ1n) is 8.25. The highest BCUT2D eigenvalue weighted by Crippen LogP contribution is 2.32. The molecule has 0 unspecified atom stereocenters. The highest BCUT2D eigenvalue weighted by atomic mass is 19.1. The monoisotopic (exact) mass is 330 g/mol. The predicted octanol–water partition coefficient (Wildman–Crippen LogP) is 2.09. The molecule has 3 fully saturated rings. The van der Waals surface area contributed by atoms with Gasteiger partial charge in [0.2, 0.25) is 5.95 Å². The van der Waals surface area contributed by atoms with E-state index in [0.717, 1.165) is 25.9 Å². The second kappa shape index (κ2) is 5.98. The minimum atomic E-state index is -0.647. The van der Waals surface area contributed by atoms with Gasteiger partial charge in [-0.05, 0) is 50.9 Å². The van der Waals surface area contributed by atoms with Crippen molar-refractivity contribution in [3.63, 3.8) is 0 Å². The number of aromatic nitrogens is 2. The van der Waals surface area contributed by atoms with E-state index in [4.69, 9.17) is 4.42 Å². The van der Waals surface area contributed by atoms with E-state index in [1.54, 1.807) is 12.1 Å². The molecule has 1 N–H and O–H groups in total. The summed E-state index contributed by atoms with van der Waals surface area (Å²) in [6.45, 7) is 4.34. The highest BCUT2D eigenvalue weighted by molar-refractivity contribution is 5.90. The average Bonchev–Trinajstić information content (AvgIpc) is 3.09. The number of pyridine rings is 1. The van der Waals surface area contributed by atoms with Crippen molar-refractivity contribution in [1.29, 1.82) is 0 Å². The number of halogens is 1. The summed E-state index contributed by atoms with van der Waals surface area (Å²) < 4.78 is 19.2. The molecule has 2 aromatic rings. The van der Waals surface area contributed by atoms with Crippen molar-refractivity contribution in [2.75, 3.05) is 13.1 Å². The minimum Gasteiger partial charge on any atom is -0.432 e. The van der Waals surface area contributed by atoms with Gasteiger partial charge in [0.25, 0.3) is 5.89 Å². The van der Waals surface area contributed by atoms with Gasteiger partial charge in [-0.2, -0.15) is 4.39 Å². The third-order valence-electron chi connectivity index (χ3n) is 5.20. The average molecular weight is 330 g/mol. The Morgan fingerprint density at radius 2 is 2.17 bits per heavy atom. The predicted molar refractivity (Wildman–Crippen MR) is 84.7 cm³/mol. The summed E-state index contributed by atoms with van der Waals surface area (Å²) in [7, 11) is 0. The quantitative estimate of drug-likeness (QED) is 0.873. The molecule has 126 valence electrons. The maximum Gasteiger partial charge on any atom is 0.307 e. The number of piperidine rings is 3. The molecule has 0 aliphatic carbocycles. The van der Waals surface area contributed by atoms with Gasteiger partial charge in [0.05, 0.1) is 11.8 Å². The summed E-state index contributed by atoms with van der Waals surface area (Å²) in [5.41, 5.74) is 0.195. The minimum absolute atomic E-state index is 0.0445. The second-order valence-corrected chi connectivity index (χ2v) is 6.48. The smallest absolute Gasteiger partial charge is 0.307 e. The summed E-state index contributed by atoms with van der Waals surface area (Å²) in [5, 5.41) is 3.05. The van der Waals surface area contributed by atoms with E-state index in [9.17, 15) is 9.18 Å². The van der Waals surface area contributed by atoms with Crippen molar-refractivity contribution >= 4 is 5.91 Å². The van der Waals surface area contributed by atoms with E-state index in [0.29, 0.717) is 12.0 Å². The zero-order chi connectivity index (χ0) is 16.7. The second-order valence-electron chi connectivity index (χ2n) is 6.48. The molecule has 5 heterocycles. The fourth-order valence-electron chi connectivity index (χ4n) is 3.83. The van der Waals surface area contributed by atoms with E-state index in [1.165, 1.54) is 12.4 Å². The van der Waals surface area contributed by atoms with Crippen molar-refractivity contribution in [2.45, 2.75) is 31.8 Å². The fraction of sp³-hybridized carbons (Fsp3) is 0.471. The van der Waals surface area contributed by atoms with Gasteiger partial charge in [-0.15, -0.1) is 0 Å². The normalized spacial score (nSPS) is 28.8. The van der Waals surface area contributed by atoms with Crippen LogP contribution in [-0.4, -0.2) is 45.9 Å². The third-order valence-corrected chi connectivity index (χ3v) is 5.20. The molecule has 0 spiro atoms. The van der Waals surface area contributed by atoms with Crippen LogP contribution in [0.1, 0.15) is 30.5 Å². The first-order valence-corrected chi connectivity index (χ1v) is 8.25. The number of hydrogen-bond acceptors (Lipinski definition) is 5.